The third-order valence-electron chi connectivity index (χ3n) is 1.58. The predicted octanol–water partition coefficient (Wildman–Crippen LogP) is 1.41. The zero-order valence-electron chi connectivity index (χ0n) is 9.93. The lowest BCUT2D eigenvalue weighted by Gasteiger charge is -2.16. The summed E-state index contributed by atoms with van der Waals surface area (Å²) in [6.07, 6.45) is 3.79. The van der Waals surface area contributed by atoms with E-state index >= 15 is 0 Å². The van der Waals surface area contributed by atoms with Gasteiger partial charge in [0, 0.05) is 5.54 Å². The standard InChI is InChI=1S/C5H4N4.C5H11NO2/c1-4-5(8-2-6-1)9-3-7-4;1-5(2,3)6-4(7)8/h1-3H,(H,6,7,8,9);6H,1-3H3,(H,7,8). The Morgan fingerprint density at radius 2 is 2.12 bits per heavy atom. The summed E-state index contributed by atoms with van der Waals surface area (Å²) in [7, 11) is 0. The molecule has 2 heterocycles. The molecule has 92 valence electrons. The van der Waals surface area contributed by atoms with Crippen LogP contribution in [-0.2, 0) is 0 Å². The van der Waals surface area contributed by atoms with Crippen molar-refractivity contribution in [1.82, 2.24) is 25.3 Å². The van der Waals surface area contributed by atoms with Gasteiger partial charge in [-0.3, -0.25) is 0 Å². The Labute approximate surface area is 98.3 Å². The van der Waals surface area contributed by atoms with Gasteiger partial charge in [-0.2, -0.15) is 0 Å². The van der Waals surface area contributed by atoms with Crippen LogP contribution in [0, 0.1) is 0 Å². The number of imidazole rings is 1. The number of hydrogen-bond acceptors (Lipinski definition) is 4. The third-order valence-corrected chi connectivity index (χ3v) is 1.58. The van der Waals surface area contributed by atoms with E-state index in [9.17, 15) is 4.79 Å². The highest BCUT2D eigenvalue weighted by Gasteiger charge is 2.10. The number of amides is 1. The van der Waals surface area contributed by atoms with Gasteiger partial charge in [-0.05, 0) is 20.8 Å². The smallest absolute Gasteiger partial charge is 0.405 e. The second kappa shape index (κ2) is 5.24. The molecule has 0 aliphatic heterocycles. The molecule has 2 aromatic rings. The predicted molar refractivity (Wildman–Crippen MR) is 62.6 cm³/mol. The average molecular weight is 237 g/mol. The summed E-state index contributed by atoms with van der Waals surface area (Å²) in [4.78, 5) is 24.4. The highest BCUT2D eigenvalue weighted by molar-refractivity contribution is 5.67. The molecule has 0 radical (unpaired) electrons. The minimum Gasteiger partial charge on any atom is -0.465 e. The Kier molecular flexibility index (Phi) is 3.97. The molecule has 0 fully saturated rings. The van der Waals surface area contributed by atoms with Crippen molar-refractivity contribution < 1.29 is 9.90 Å². The van der Waals surface area contributed by atoms with Gasteiger partial charge in [0.25, 0.3) is 0 Å². The number of fused-ring (bicyclic) bond motifs is 1. The molecule has 2 rings (SSSR count). The summed E-state index contributed by atoms with van der Waals surface area (Å²) < 4.78 is 0. The Balaban J connectivity index is 0.000000172. The van der Waals surface area contributed by atoms with Crippen molar-refractivity contribution >= 4 is 17.3 Å². The molecule has 1 amide bonds. The number of nitrogens with one attached hydrogen (secondary N) is 2. The number of rotatable bonds is 0. The molecule has 0 aromatic carbocycles. The lowest BCUT2D eigenvalue weighted by atomic mass is 10.1. The Hall–Kier alpha value is -2.18. The number of carbonyl (C=O) groups is 1. The van der Waals surface area contributed by atoms with Crippen LogP contribution in [0.25, 0.3) is 11.2 Å². The molecule has 0 saturated heterocycles. The van der Waals surface area contributed by atoms with Gasteiger partial charge in [0.1, 0.15) is 11.8 Å². The van der Waals surface area contributed by atoms with E-state index in [-0.39, 0.29) is 5.54 Å². The minimum atomic E-state index is -0.975. The van der Waals surface area contributed by atoms with Crippen molar-refractivity contribution in [2.45, 2.75) is 26.3 Å². The number of hydrogen-bond donors (Lipinski definition) is 3. The number of carboxylic acid groups (broad SMARTS) is 1. The molecule has 0 saturated carbocycles. The first-order valence-electron chi connectivity index (χ1n) is 4.99. The normalized spacial score (nSPS) is 10.5. The molecule has 17 heavy (non-hydrogen) atoms. The van der Waals surface area contributed by atoms with E-state index in [1.807, 2.05) is 0 Å². The van der Waals surface area contributed by atoms with Crippen molar-refractivity contribution in [3.63, 3.8) is 0 Å². The fraction of sp³-hybridized carbons (Fsp3) is 0.400. The molecule has 0 atom stereocenters. The number of nitrogens with zero attached hydrogens (tertiary/aromatic N) is 3. The third kappa shape index (κ3) is 4.92. The van der Waals surface area contributed by atoms with Gasteiger partial charge in [-0.15, -0.1) is 0 Å². The van der Waals surface area contributed by atoms with Crippen LogP contribution in [0.1, 0.15) is 20.8 Å². The van der Waals surface area contributed by atoms with E-state index in [1.165, 1.54) is 6.33 Å². The van der Waals surface area contributed by atoms with Crippen LogP contribution < -0.4 is 5.32 Å². The monoisotopic (exact) mass is 237 g/mol. The van der Waals surface area contributed by atoms with Crippen LogP contribution in [0.15, 0.2) is 18.9 Å². The SMILES string of the molecule is CC(C)(C)NC(=O)O.c1ncc2[nH]cnc2n1. The zero-order chi connectivity index (χ0) is 12.9. The molecule has 0 aliphatic rings. The van der Waals surface area contributed by atoms with E-state index in [2.05, 4.69) is 25.3 Å². The summed E-state index contributed by atoms with van der Waals surface area (Å²) in [5, 5.41) is 10.4. The Bertz CT molecular complexity index is 458. The van der Waals surface area contributed by atoms with Gasteiger partial charge >= 0.3 is 6.09 Å². The van der Waals surface area contributed by atoms with Gasteiger partial charge in [-0.25, -0.2) is 19.7 Å². The first-order valence-corrected chi connectivity index (χ1v) is 4.99. The van der Waals surface area contributed by atoms with E-state index in [1.54, 1.807) is 33.3 Å². The molecule has 0 aliphatic carbocycles. The van der Waals surface area contributed by atoms with Gasteiger partial charge in [0.05, 0.1) is 12.5 Å². The molecular formula is C10H15N5O2. The topological polar surface area (TPSA) is 104 Å². The fourth-order valence-corrected chi connectivity index (χ4v) is 1.01. The van der Waals surface area contributed by atoms with Crippen LogP contribution >= 0.6 is 0 Å². The molecule has 0 bridgehead atoms. The highest BCUT2D eigenvalue weighted by atomic mass is 16.4. The molecule has 2 aromatic heterocycles. The fourth-order valence-electron chi connectivity index (χ4n) is 1.01. The minimum absolute atomic E-state index is 0.328. The lowest BCUT2D eigenvalue weighted by Crippen LogP contribution is -2.39. The second-order valence-electron chi connectivity index (χ2n) is 4.34. The zero-order valence-corrected chi connectivity index (χ0v) is 9.93. The quantitative estimate of drug-likeness (QED) is 0.642. The lowest BCUT2D eigenvalue weighted by molar-refractivity contribution is 0.184. The molecule has 7 nitrogen and oxygen atoms in total. The summed E-state index contributed by atoms with van der Waals surface area (Å²) in [6, 6.07) is 0. The van der Waals surface area contributed by atoms with Gasteiger partial charge < -0.3 is 15.4 Å². The van der Waals surface area contributed by atoms with Gasteiger partial charge in [0.15, 0.2) is 5.65 Å². The number of aromatic nitrogens is 4. The Morgan fingerprint density at radius 3 is 2.59 bits per heavy atom. The summed E-state index contributed by atoms with van der Waals surface area (Å²) in [5.74, 6) is 0. The van der Waals surface area contributed by atoms with Crippen LogP contribution in [0.5, 0.6) is 0 Å². The van der Waals surface area contributed by atoms with E-state index in [0.717, 1.165) is 5.52 Å². The average Bonchev–Trinajstić information content (AvgIpc) is 2.61. The van der Waals surface area contributed by atoms with Gasteiger partial charge in [-0.1, -0.05) is 0 Å². The van der Waals surface area contributed by atoms with Crippen molar-refractivity contribution in [3.05, 3.63) is 18.9 Å². The van der Waals surface area contributed by atoms with Crippen LogP contribution in [0.3, 0.4) is 0 Å². The molecular weight excluding hydrogens is 222 g/mol. The maximum atomic E-state index is 9.90. The molecule has 0 spiro atoms. The highest BCUT2D eigenvalue weighted by Crippen LogP contribution is 1.99. The Morgan fingerprint density at radius 1 is 1.41 bits per heavy atom. The number of H-pyrrole nitrogens is 1. The molecule has 7 heteroatoms. The molecule has 3 N–H and O–H groups in total. The van der Waals surface area contributed by atoms with Crippen LogP contribution in [-0.4, -0.2) is 36.7 Å². The van der Waals surface area contributed by atoms with Gasteiger partial charge in [0.2, 0.25) is 0 Å². The summed E-state index contributed by atoms with van der Waals surface area (Å²) in [6.45, 7) is 5.38. The van der Waals surface area contributed by atoms with Crippen molar-refractivity contribution in [2.75, 3.05) is 0 Å². The van der Waals surface area contributed by atoms with E-state index in [0.29, 0.717) is 5.65 Å². The maximum Gasteiger partial charge on any atom is 0.405 e. The van der Waals surface area contributed by atoms with Crippen molar-refractivity contribution in [2.24, 2.45) is 0 Å². The largest absolute Gasteiger partial charge is 0.465 e. The van der Waals surface area contributed by atoms with E-state index < -0.39 is 6.09 Å². The number of aromatic amines is 1. The first kappa shape index (κ1) is 12.9. The van der Waals surface area contributed by atoms with Crippen molar-refractivity contribution in [1.29, 1.82) is 0 Å². The van der Waals surface area contributed by atoms with Crippen LogP contribution in [0.2, 0.25) is 0 Å². The molecule has 0 unspecified atom stereocenters. The summed E-state index contributed by atoms with van der Waals surface area (Å²) in [5.41, 5.74) is 1.26. The summed E-state index contributed by atoms with van der Waals surface area (Å²) >= 11 is 0. The van der Waals surface area contributed by atoms with Crippen LogP contribution in [0.4, 0.5) is 4.79 Å². The van der Waals surface area contributed by atoms with E-state index in [4.69, 9.17) is 5.11 Å². The second-order valence-corrected chi connectivity index (χ2v) is 4.34. The maximum absolute atomic E-state index is 9.90. The van der Waals surface area contributed by atoms with Crippen molar-refractivity contribution in [3.8, 4) is 0 Å². The first-order chi connectivity index (χ1) is 7.88.